The second-order valence-corrected chi connectivity index (χ2v) is 5.45. The van der Waals surface area contributed by atoms with Crippen molar-refractivity contribution in [2.24, 2.45) is 0 Å². The molecule has 0 aliphatic carbocycles. The molecule has 3 heterocycles. The smallest absolute Gasteiger partial charge is 0.298 e. The highest BCUT2D eigenvalue weighted by molar-refractivity contribution is 6.41. The van der Waals surface area contributed by atoms with E-state index in [0.29, 0.717) is 19.7 Å². The molecule has 3 rings (SSSR count). The quantitative estimate of drug-likeness (QED) is 0.624. The summed E-state index contributed by atoms with van der Waals surface area (Å²) >= 11 is 0. The van der Waals surface area contributed by atoms with E-state index in [1.807, 2.05) is 18.2 Å². The number of Topliss-reactive ketones (excluding diaryl/α,β-unsaturated/α-hetero) is 1. The molecule has 1 saturated heterocycles. The Morgan fingerprint density at radius 3 is 2.96 bits per heavy atom. The van der Waals surface area contributed by atoms with Gasteiger partial charge in [-0.15, -0.1) is 0 Å². The second-order valence-electron chi connectivity index (χ2n) is 5.45. The molecule has 0 spiro atoms. The average Bonchev–Trinajstić information content (AvgIpc) is 3.14. The van der Waals surface area contributed by atoms with Crippen molar-refractivity contribution in [3.63, 3.8) is 0 Å². The summed E-state index contributed by atoms with van der Waals surface area (Å²) in [5.74, 6) is -1.07. The Labute approximate surface area is 134 Å². The molecule has 1 aliphatic heterocycles. The van der Waals surface area contributed by atoms with E-state index >= 15 is 0 Å². The van der Waals surface area contributed by atoms with Gasteiger partial charge in [-0.3, -0.25) is 14.6 Å². The molecule has 1 fully saturated rings. The number of hydrogen-bond donors (Lipinski definition) is 0. The van der Waals surface area contributed by atoms with E-state index in [1.165, 1.54) is 17.2 Å². The average molecular weight is 314 g/mol. The monoisotopic (exact) mass is 314 g/mol. The van der Waals surface area contributed by atoms with Crippen LogP contribution in [0.3, 0.4) is 0 Å². The lowest BCUT2D eigenvalue weighted by Gasteiger charge is -2.32. The van der Waals surface area contributed by atoms with Gasteiger partial charge in [-0.1, -0.05) is 6.07 Å². The number of aromatic nitrogens is 1. The van der Waals surface area contributed by atoms with Crippen molar-refractivity contribution in [1.29, 1.82) is 0 Å². The van der Waals surface area contributed by atoms with Crippen LogP contribution in [0.2, 0.25) is 0 Å². The van der Waals surface area contributed by atoms with Gasteiger partial charge in [0.25, 0.3) is 11.7 Å². The lowest BCUT2D eigenvalue weighted by Crippen LogP contribution is -2.46. The van der Waals surface area contributed by atoms with E-state index in [9.17, 15) is 9.59 Å². The topological polar surface area (TPSA) is 72.6 Å². The van der Waals surface area contributed by atoms with Crippen LogP contribution in [0.4, 0.5) is 0 Å². The Hall–Kier alpha value is -2.47. The zero-order chi connectivity index (χ0) is 16.1. The number of carbonyl (C=O) groups is 2. The fourth-order valence-corrected chi connectivity index (χ4v) is 2.60. The Kier molecular flexibility index (Phi) is 4.83. The Balaban J connectivity index is 1.55. The van der Waals surface area contributed by atoms with Crippen molar-refractivity contribution in [2.75, 3.05) is 13.1 Å². The summed E-state index contributed by atoms with van der Waals surface area (Å²) < 4.78 is 10.8. The molecular weight excluding hydrogens is 296 g/mol. The van der Waals surface area contributed by atoms with Crippen LogP contribution < -0.4 is 0 Å². The summed E-state index contributed by atoms with van der Waals surface area (Å²) in [6, 6.07) is 8.75. The summed E-state index contributed by atoms with van der Waals surface area (Å²) in [7, 11) is 0. The molecule has 0 N–H and O–H groups in total. The first-order valence-corrected chi connectivity index (χ1v) is 7.62. The maximum Gasteiger partial charge on any atom is 0.298 e. The van der Waals surface area contributed by atoms with Gasteiger partial charge >= 0.3 is 0 Å². The Morgan fingerprint density at radius 1 is 1.30 bits per heavy atom. The third-order valence-electron chi connectivity index (χ3n) is 3.80. The second kappa shape index (κ2) is 7.19. The van der Waals surface area contributed by atoms with Crippen LogP contribution in [0, 0.1) is 0 Å². The lowest BCUT2D eigenvalue weighted by atomic mass is 10.1. The molecule has 0 aromatic carbocycles. The number of furan rings is 1. The van der Waals surface area contributed by atoms with Crippen molar-refractivity contribution in [3.8, 4) is 0 Å². The van der Waals surface area contributed by atoms with Crippen LogP contribution in [-0.2, 0) is 16.1 Å². The number of carbonyl (C=O) groups excluding carboxylic acids is 2. The van der Waals surface area contributed by atoms with Gasteiger partial charge < -0.3 is 14.1 Å². The summed E-state index contributed by atoms with van der Waals surface area (Å²) in [4.78, 5) is 30.1. The first kappa shape index (κ1) is 15.4. The fraction of sp³-hybridized carbons (Fsp3) is 0.353. The molecule has 6 nitrogen and oxygen atoms in total. The van der Waals surface area contributed by atoms with Gasteiger partial charge in [-0.25, -0.2) is 0 Å². The summed E-state index contributed by atoms with van der Waals surface area (Å²) in [6.45, 7) is 1.38. The fourth-order valence-electron chi connectivity index (χ4n) is 2.60. The molecule has 2 aromatic heterocycles. The van der Waals surface area contributed by atoms with Gasteiger partial charge in [0, 0.05) is 19.3 Å². The van der Waals surface area contributed by atoms with Gasteiger partial charge in [0.1, 0.15) is 0 Å². The molecule has 6 heteroatoms. The molecule has 1 aliphatic rings. The first-order chi connectivity index (χ1) is 11.2. The summed E-state index contributed by atoms with van der Waals surface area (Å²) in [5, 5.41) is 0. The van der Waals surface area contributed by atoms with Crippen LogP contribution >= 0.6 is 0 Å². The standard InChI is InChI=1S/C17H18N2O4/c20-16(15-7-4-10-22-15)17(21)19-9-3-6-14(11-19)23-12-13-5-1-2-8-18-13/h1-2,4-5,7-8,10,14H,3,6,9,11-12H2/t14-/m1/s1. The molecule has 23 heavy (non-hydrogen) atoms. The van der Waals surface area contributed by atoms with Crippen LogP contribution in [0.1, 0.15) is 29.1 Å². The van der Waals surface area contributed by atoms with Gasteiger partial charge in [0.2, 0.25) is 0 Å². The van der Waals surface area contributed by atoms with E-state index in [4.69, 9.17) is 9.15 Å². The molecule has 120 valence electrons. The van der Waals surface area contributed by atoms with Gasteiger partial charge in [-0.05, 0) is 37.1 Å². The van der Waals surface area contributed by atoms with E-state index in [2.05, 4.69) is 4.98 Å². The molecule has 0 bridgehead atoms. The SMILES string of the molecule is O=C(C(=O)N1CCC[C@@H](OCc2ccccn2)C1)c1ccco1. The lowest BCUT2D eigenvalue weighted by molar-refractivity contribution is -0.130. The molecule has 0 saturated carbocycles. The maximum atomic E-state index is 12.3. The number of ether oxygens (including phenoxy) is 1. The van der Waals surface area contributed by atoms with Crippen molar-refractivity contribution < 1.29 is 18.7 Å². The number of nitrogens with zero attached hydrogens (tertiary/aromatic N) is 2. The van der Waals surface area contributed by atoms with Gasteiger partial charge in [0.05, 0.1) is 24.7 Å². The minimum atomic E-state index is -0.611. The van der Waals surface area contributed by atoms with Gasteiger partial charge in [0.15, 0.2) is 5.76 Å². The highest BCUT2D eigenvalue weighted by Gasteiger charge is 2.30. The third-order valence-corrected chi connectivity index (χ3v) is 3.80. The molecule has 1 amide bonds. The van der Waals surface area contributed by atoms with Gasteiger partial charge in [-0.2, -0.15) is 0 Å². The molecule has 0 radical (unpaired) electrons. The number of amides is 1. The predicted octanol–water partition coefficient (Wildman–Crippen LogP) is 2.07. The highest BCUT2D eigenvalue weighted by atomic mass is 16.5. The Bertz CT molecular complexity index is 654. The largest absolute Gasteiger partial charge is 0.461 e. The van der Waals surface area contributed by atoms with Crippen molar-refractivity contribution in [2.45, 2.75) is 25.6 Å². The summed E-state index contributed by atoms with van der Waals surface area (Å²) in [6.07, 6.45) is 4.70. The first-order valence-electron chi connectivity index (χ1n) is 7.62. The Morgan fingerprint density at radius 2 is 2.22 bits per heavy atom. The minimum absolute atomic E-state index is 0.0755. The van der Waals surface area contributed by atoms with Crippen LogP contribution in [0.15, 0.2) is 47.2 Å². The minimum Gasteiger partial charge on any atom is -0.461 e. The normalized spacial score (nSPS) is 17.9. The van der Waals surface area contributed by atoms with Crippen LogP contribution in [0.25, 0.3) is 0 Å². The number of hydrogen-bond acceptors (Lipinski definition) is 5. The molecule has 1 atom stereocenters. The highest BCUT2D eigenvalue weighted by Crippen LogP contribution is 2.16. The van der Waals surface area contributed by atoms with Crippen molar-refractivity contribution in [1.82, 2.24) is 9.88 Å². The molecule has 2 aromatic rings. The van der Waals surface area contributed by atoms with Crippen molar-refractivity contribution in [3.05, 3.63) is 54.2 Å². The molecular formula is C17H18N2O4. The van der Waals surface area contributed by atoms with Crippen LogP contribution in [-0.4, -0.2) is 40.8 Å². The molecule has 0 unspecified atom stereocenters. The number of rotatable bonds is 5. The number of piperidine rings is 1. The van der Waals surface area contributed by atoms with E-state index < -0.39 is 11.7 Å². The van der Waals surface area contributed by atoms with Crippen LogP contribution in [0.5, 0.6) is 0 Å². The maximum absolute atomic E-state index is 12.3. The zero-order valence-electron chi connectivity index (χ0n) is 12.7. The number of likely N-dealkylation sites (tertiary alicyclic amines) is 1. The number of pyridine rings is 1. The number of ketones is 1. The van der Waals surface area contributed by atoms with E-state index in [1.54, 1.807) is 12.3 Å². The van der Waals surface area contributed by atoms with Crippen molar-refractivity contribution >= 4 is 11.7 Å². The zero-order valence-corrected chi connectivity index (χ0v) is 12.7. The van der Waals surface area contributed by atoms with E-state index in [-0.39, 0.29) is 11.9 Å². The predicted molar refractivity (Wildman–Crippen MR) is 81.7 cm³/mol. The van der Waals surface area contributed by atoms with E-state index in [0.717, 1.165) is 18.5 Å². The third kappa shape index (κ3) is 3.84. The summed E-state index contributed by atoms with van der Waals surface area (Å²) in [5.41, 5.74) is 0.850.